The lowest BCUT2D eigenvalue weighted by molar-refractivity contribution is -0.125. The maximum Gasteiger partial charge on any atom is 0.243 e. The Hall–Kier alpha value is -1.88. The van der Waals surface area contributed by atoms with Gasteiger partial charge in [-0.25, -0.2) is 0 Å². The number of para-hydroxylation sites is 1. The highest BCUT2D eigenvalue weighted by atomic mass is 16.2. The van der Waals surface area contributed by atoms with Gasteiger partial charge in [0.25, 0.3) is 0 Å². The van der Waals surface area contributed by atoms with Crippen LogP contribution in [-0.4, -0.2) is 24.4 Å². The second-order valence-corrected chi connectivity index (χ2v) is 5.44. The van der Waals surface area contributed by atoms with Gasteiger partial charge < -0.3 is 16.4 Å². The molecule has 0 aliphatic carbocycles. The summed E-state index contributed by atoms with van der Waals surface area (Å²) in [5.41, 5.74) is 8.59. The minimum absolute atomic E-state index is 0.0727. The largest absolute Gasteiger partial charge is 0.346 e. The topological polar surface area (TPSA) is 84.2 Å². The van der Waals surface area contributed by atoms with Gasteiger partial charge in [-0.1, -0.05) is 38.5 Å². The molecule has 0 radical (unpaired) electrons. The maximum atomic E-state index is 11.9. The molecule has 0 fully saturated rings. The molecule has 5 nitrogen and oxygen atoms in total. The van der Waals surface area contributed by atoms with Crippen molar-refractivity contribution in [1.82, 2.24) is 5.32 Å². The van der Waals surface area contributed by atoms with Gasteiger partial charge in [0, 0.05) is 5.69 Å². The number of hydrogen-bond donors (Lipinski definition) is 3. The monoisotopic (exact) mass is 291 g/mol. The highest BCUT2D eigenvalue weighted by molar-refractivity contribution is 5.96. The van der Waals surface area contributed by atoms with Crippen LogP contribution in [0.5, 0.6) is 0 Å². The molecule has 0 heterocycles. The molecule has 0 bridgehead atoms. The van der Waals surface area contributed by atoms with E-state index in [0.29, 0.717) is 0 Å². The van der Waals surface area contributed by atoms with Gasteiger partial charge >= 0.3 is 0 Å². The smallest absolute Gasteiger partial charge is 0.243 e. The van der Waals surface area contributed by atoms with E-state index < -0.39 is 6.04 Å². The first-order valence-corrected chi connectivity index (χ1v) is 7.26. The quantitative estimate of drug-likeness (QED) is 0.746. The van der Waals surface area contributed by atoms with Gasteiger partial charge in [-0.05, 0) is 30.9 Å². The van der Waals surface area contributed by atoms with E-state index in [4.69, 9.17) is 5.73 Å². The molecule has 5 heteroatoms. The molecule has 0 saturated carbocycles. The lowest BCUT2D eigenvalue weighted by Crippen LogP contribution is -2.46. The van der Waals surface area contributed by atoms with Crippen LogP contribution in [0, 0.1) is 19.8 Å². The van der Waals surface area contributed by atoms with Crippen molar-refractivity contribution >= 4 is 17.5 Å². The third-order valence-corrected chi connectivity index (χ3v) is 3.73. The average Bonchev–Trinajstić information content (AvgIpc) is 2.47. The number of hydrogen-bond acceptors (Lipinski definition) is 3. The van der Waals surface area contributed by atoms with E-state index in [1.165, 1.54) is 0 Å². The van der Waals surface area contributed by atoms with E-state index in [9.17, 15) is 9.59 Å². The van der Waals surface area contributed by atoms with Crippen molar-refractivity contribution in [2.45, 2.75) is 40.2 Å². The molecule has 0 aliphatic heterocycles. The summed E-state index contributed by atoms with van der Waals surface area (Å²) in [7, 11) is 0. The summed E-state index contributed by atoms with van der Waals surface area (Å²) in [5, 5.41) is 5.40. The van der Waals surface area contributed by atoms with Gasteiger partial charge in [0.2, 0.25) is 11.8 Å². The maximum absolute atomic E-state index is 11.9. The van der Waals surface area contributed by atoms with E-state index in [1.807, 2.05) is 45.9 Å². The average molecular weight is 291 g/mol. The molecule has 0 aliphatic rings. The van der Waals surface area contributed by atoms with Crippen LogP contribution in [0.1, 0.15) is 31.4 Å². The van der Waals surface area contributed by atoms with Crippen molar-refractivity contribution < 1.29 is 9.59 Å². The van der Waals surface area contributed by atoms with Crippen LogP contribution < -0.4 is 16.4 Å². The minimum atomic E-state index is -0.581. The standard InChI is InChI=1S/C16H25N3O2/c1-5-10(2)14(17)16(21)18-9-13(20)19-15-11(3)7-6-8-12(15)4/h6-8,10,14H,5,9,17H2,1-4H3,(H,18,21)(H,19,20). The Balaban J connectivity index is 2.54. The summed E-state index contributed by atoms with van der Waals surface area (Å²) in [5.74, 6) is -0.454. The number of amides is 2. The van der Waals surface area contributed by atoms with Crippen molar-refractivity contribution in [3.05, 3.63) is 29.3 Å². The van der Waals surface area contributed by atoms with Crippen molar-refractivity contribution in [2.75, 3.05) is 11.9 Å². The number of nitrogens with two attached hydrogens (primary N) is 1. The summed E-state index contributed by atoms with van der Waals surface area (Å²) in [4.78, 5) is 23.7. The van der Waals surface area contributed by atoms with E-state index in [2.05, 4.69) is 10.6 Å². The number of benzene rings is 1. The minimum Gasteiger partial charge on any atom is -0.346 e. The molecule has 116 valence electrons. The molecule has 0 saturated heterocycles. The molecule has 1 aromatic carbocycles. The molecule has 1 rings (SSSR count). The molecule has 4 N–H and O–H groups in total. The number of aryl methyl sites for hydroxylation is 2. The summed E-state index contributed by atoms with van der Waals surface area (Å²) in [6.45, 7) is 7.68. The molecule has 21 heavy (non-hydrogen) atoms. The third kappa shape index (κ3) is 4.86. The Kier molecular flexibility index (Phi) is 6.37. The SMILES string of the molecule is CCC(C)C(N)C(=O)NCC(=O)Nc1c(C)cccc1C. The van der Waals surface area contributed by atoms with Gasteiger partial charge in [0.1, 0.15) is 0 Å². The van der Waals surface area contributed by atoms with Crippen LogP contribution in [0.15, 0.2) is 18.2 Å². The second kappa shape index (κ2) is 7.78. The first-order chi connectivity index (χ1) is 9.86. The highest BCUT2D eigenvalue weighted by Crippen LogP contribution is 2.18. The Bertz CT molecular complexity index is 494. The molecule has 2 amide bonds. The molecule has 2 atom stereocenters. The molecule has 2 unspecified atom stereocenters. The lowest BCUT2D eigenvalue weighted by Gasteiger charge is -2.18. The van der Waals surface area contributed by atoms with Crippen molar-refractivity contribution in [1.29, 1.82) is 0 Å². The zero-order chi connectivity index (χ0) is 16.0. The lowest BCUT2D eigenvalue weighted by atomic mass is 9.99. The van der Waals surface area contributed by atoms with Crippen LogP contribution in [-0.2, 0) is 9.59 Å². The zero-order valence-corrected chi connectivity index (χ0v) is 13.2. The second-order valence-electron chi connectivity index (χ2n) is 5.44. The fraction of sp³-hybridized carbons (Fsp3) is 0.500. The molecular weight excluding hydrogens is 266 g/mol. The van der Waals surface area contributed by atoms with E-state index in [0.717, 1.165) is 23.2 Å². The number of nitrogens with one attached hydrogen (secondary N) is 2. The summed E-state index contributed by atoms with van der Waals surface area (Å²) < 4.78 is 0. The number of rotatable bonds is 6. The highest BCUT2D eigenvalue weighted by Gasteiger charge is 2.19. The Morgan fingerprint density at radius 3 is 2.33 bits per heavy atom. The summed E-state index contributed by atoms with van der Waals surface area (Å²) >= 11 is 0. The Labute approximate surface area is 126 Å². The van der Waals surface area contributed by atoms with Crippen LogP contribution in [0.2, 0.25) is 0 Å². The van der Waals surface area contributed by atoms with Crippen LogP contribution >= 0.6 is 0 Å². The predicted octanol–water partition coefficient (Wildman–Crippen LogP) is 1.73. The van der Waals surface area contributed by atoms with Gasteiger partial charge in [0.15, 0.2) is 0 Å². The number of anilines is 1. The molecular formula is C16H25N3O2. The predicted molar refractivity (Wildman–Crippen MR) is 85.0 cm³/mol. The van der Waals surface area contributed by atoms with E-state index in [-0.39, 0.29) is 24.3 Å². The first-order valence-electron chi connectivity index (χ1n) is 7.26. The third-order valence-electron chi connectivity index (χ3n) is 3.73. The van der Waals surface area contributed by atoms with Crippen molar-refractivity contribution in [2.24, 2.45) is 11.7 Å². The summed E-state index contributed by atoms with van der Waals surface area (Å²) in [6, 6.07) is 5.22. The Morgan fingerprint density at radius 1 is 1.24 bits per heavy atom. The van der Waals surface area contributed by atoms with Crippen LogP contribution in [0.3, 0.4) is 0 Å². The number of carbonyl (C=O) groups is 2. The van der Waals surface area contributed by atoms with Crippen LogP contribution in [0.25, 0.3) is 0 Å². The molecule has 1 aromatic rings. The molecule has 0 aromatic heterocycles. The Morgan fingerprint density at radius 2 is 1.81 bits per heavy atom. The zero-order valence-electron chi connectivity index (χ0n) is 13.2. The van der Waals surface area contributed by atoms with Crippen molar-refractivity contribution in [3.8, 4) is 0 Å². The van der Waals surface area contributed by atoms with Gasteiger partial charge in [-0.3, -0.25) is 9.59 Å². The first kappa shape index (κ1) is 17.2. The van der Waals surface area contributed by atoms with Gasteiger partial charge in [0.05, 0.1) is 12.6 Å². The van der Waals surface area contributed by atoms with E-state index in [1.54, 1.807) is 0 Å². The molecule has 0 spiro atoms. The fourth-order valence-electron chi connectivity index (χ4n) is 1.99. The van der Waals surface area contributed by atoms with Crippen molar-refractivity contribution in [3.63, 3.8) is 0 Å². The van der Waals surface area contributed by atoms with Crippen LogP contribution in [0.4, 0.5) is 5.69 Å². The fourth-order valence-corrected chi connectivity index (χ4v) is 1.99. The van der Waals surface area contributed by atoms with Gasteiger partial charge in [-0.15, -0.1) is 0 Å². The summed E-state index contributed by atoms with van der Waals surface area (Å²) in [6.07, 6.45) is 0.823. The van der Waals surface area contributed by atoms with Gasteiger partial charge in [-0.2, -0.15) is 0 Å². The number of carbonyl (C=O) groups excluding carboxylic acids is 2. The normalized spacial score (nSPS) is 13.4. The van der Waals surface area contributed by atoms with E-state index >= 15 is 0 Å².